The number of hydrogen-bond acceptors (Lipinski definition) is 2. The second-order valence-electron chi connectivity index (χ2n) is 4.96. The van der Waals surface area contributed by atoms with Crippen molar-refractivity contribution in [1.29, 1.82) is 0 Å². The van der Waals surface area contributed by atoms with Crippen LogP contribution in [0.25, 0.3) is 0 Å². The van der Waals surface area contributed by atoms with Crippen molar-refractivity contribution < 1.29 is 4.79 Å². The molecule has 0 spiro atoms. The number of hydrogen-bond donors (Lipinski definition) is 1. The summed E-state index contributed by atoms with van der Waals surface area (Å²) in [7, 11) is 0. The second kappa shape index (κ2) is 7.23. The van der Waals surface area contributed by atoms with Gasteiger partial charge in [-0.15, -0.1) is 0 Å². The van der Waals surface area contributed by atoms with E-state index in [1.54, 1.807) is 12.1 Å². The van der Waals surface area contributed by atoms with E-state index in [1.165, 1.54) is 11.1 Å². The summed E-state index contributed by atoms with van der Waals surface area (Å²) in [6.45, 7) is 4.66. The van der Waals surface area contributed by atoms with E-state index in [2.05, 4.69) is 29.4 Å². The molecule has 0 atom stereocenters. The smallest absolute Gasteiger partial charge is 0.251 e. The number of aryl methyl sites for hydroxylation is 2. The molecule has 0 saturated heterocycles. The van der Waals surface area contributed by atoms with Crippen LogP contribution in [0.1, 0.15) is 34.1 Å². The van der Waals surface area contributed by atoms with Gasteiger partial charge < -0.3 is 5.32 Å². The molecule has 0 saturated carbocycles. The second-order valence-corrected chi connectivity index (χ2v) is 5.34. The quantitative estimate of drug-likeness (QED) is 0.858. The van der Waals surface area contributed by atoms with E-state index in [4.69, 9.17) is 11.6 Å². The minimum Gasteiger partial charge on any atom is -0.352 e. The molecule has 110 valence electrons. The molecular weight excluding hydrogens is 284 g/mol. The van der Waals surface area contributed by atoms with Gasteiger partial charge in [0.15, 0.2) is 0 Å². The van der Waals surface area contributed by atoms with Gasteiger partial charge in [0, 0.05) is 17.8 Å². The Morgan fingerprint density at radius 3 is 2.76 bits per heavy atom. The minimum atomic E-state index is -0.109. The zero-order chi connectivity index (χ0) is 15.2. The number of halogens is 1. The highest BCUT2D eigenvalue weighted by Crippen LogP contribution is 2.12. The standard InChI is InChI=1S/C17H19ClN2O/c1-3-15-10-14(11-16(18)20-15)17(21)19-9-8-13-7-5-4-6-12(13)2/h4-7,10-11H,3,8-9H2,1-2H3,(H,19,21). The van der Waals surface area contributed by atoms with Crippen molar-refractivity contribution in [3.63, 3.8) is 0 Å². The van der Waals surface area contributed by atoms with Gasteiger partial charge >= 0.3 is 0 Å². The van der Waals surface area contributed by atoms with Crippen LogP contribution in [-0.2, 0) is 12.8 Å². The Kier molecular flexibility index (Phi) is 5.34. The summed E-state index contributed by atoms with van der Waals surface area (Å²) in [5.41, 5.74) is 3.88. The summed E-state index contributed by atoms with van der Waals surface area (Å²) < 4.78 is 0. The summed E-state index contributed by atoms with van der Waals surface area (Å²) in [5.74, 6) is -0.109. The van der Waals surface area contributed by atoms with E-state index in [9.17, 15) is 4.79 Å². The summed E-state index contributed by atoms with van der Waals surface area (Å²) in [4.78, 5) is 16.3. The van der Waals surface area contributed by atoms with E-state index in [0.717, 1.165) is 18.5 Å². The van der Waals surface area contributed by atoms with Gasteiger partial charge in [-0.2, -0.15) is 0 Å². The highest BCUT2D eigenvalue weighted by atomic mass is 35.5. The Morgan fingerprint density at radius 2 is 2.05 bits per heavy atom. The summed E-state index contributed by atoms with van der Waals surface area (Å²) in [6.07, 6.45) is 1.57. The molecule has 1 heterocycles. The van der Waals surface area contributed by atoms with Gasteiger partial charge in [-0.3, -0.25) is 4.79 Å². The van der Waals surface area contributed by atoms with Crippen molar-refractivity contribution in [3.05, 3.63) is 63.9 Å². The summed E-state index contributed by atoms with van der Waals surface area (Å²) in [6, 6.07) is 11.6. The lowest BCUT2D eigenvalue weighted by molar-refractivity contribution is 0.0954. The molecule has 21 heavy (non-hydrogen) atoms. The van der Waals surface area contributed by atoms with Gasteiger partial charge in [-0.05, 0) is 43.0 Å². The number of benzene rings is 1. The maximum Gasteiger partial charge on any atom is 0.251 e. The average Bonchev–Trinajstić information content (AvgIpc) is 2.48. The molecule has 1 amide bonds. The van der Waals surface area contributed by atoms with Crippen LogP contribution in [0.2, 0.25) is 5.15 Å². The lowest BCUT2D eigenvalue weighted by Crippen LogP contribution is -2.26. The van der Waals surface area contributed by atoms with Crippen molar-refractivity contribution in [1.82, 2.24) is 10.3 Å². The fourth-order valence-corrected chi connectivity index (χ4v) is 2.39. The third kappa shape index (κ3) is 4.30. The monoisotopic (exact) mass is 302 g/mol. The van der Waals surface area contributed by atoms with Crippen LogP contribution in [0.5, 0.6) is 0 Å². The third-order valence-corrected chi connectivity index (χ3v) is 3.61. The summed E-state index contributed by atoms with van der Waals surface area (Å²) >= 11 is 5.93. The van der Waals surface area contributed by atoms with E-state index in [0.29, 0.717) is 17.3 Å². The molecular formula is C17H19ClN2O. The number of nitrogens with one attached hydrogen (secondary N) is 1. The Labute approximate surface area is 130 Å². The fraction of sp³-hybridized carbons (Fsp3) is 0.294. The number of carbonyl (C=O) groups excluding carboxylic acids is 1. The molecule has 0 unspecified atom stereocenters. The van der Waals surface area contributed by atoms with E-state index in [1.807, 2.05) is 19.1 Å². The molecule has 1 aromatic heterocycles. The third-order valence-electron chi connectivity index (χ3n) is 3.41. The number of carbonyl (C=O) groups is 1. The molecule has 0 aliphatic carbocycles. The average molecular weight is 303 g/mol. The van der Waals surface area contributed by atoms with Crippen LogP contribution in [-0.4, -0.2) is 17.4 Å². The Bertz CT molecular complexity index is 640. The first-order valence-corrected chi connectivity index (χ1v) is 7.47. The summed E-state index contributed by atoms with van der Waals surface area (Å²) in [5, 5.41) is 3.29. The minimum absolute atomic E-state index is 0.109. The number of pyridine rings is 1. The molecule has 1 N–H and O–H groups in total. The molecule has 0 radical (unpaired) electrons. The first-order chi connectivity index (χ1) is 10.1. The number of amides is 1. The molecule has 0 bridgehead atoms. The van der Waals surface area contributed by atoms with Crippen LogP contribution in [0.15, 0.2) is 36.4 Å². The first-order valence-electron chi connectivity index (χ1n) is 7.09. The lowest BCUT2D eigenvalue weighted by Gasteiger charge is -2.08. The molecule has 3 nitrogen and oxygen atoms in total. The van der Waals surface area contributed by atoms with Crippen LogP contribution in [0.4, 0.5) is 0 Å². The van der Waals surface area contributed by atoms with Crippen LogP contribution in [0.3, 0.4) is 0 Å². The highest BCUT2D eigenvalue weighted by Gasteiger charge is 2.08. The number of aromatic nitrogens is 1. The van der Waals surface area contributed by atoms with Crippen molar-refractivity contribution in [2.75, 3.05) is 6.54 Å². The lowest BCUT2D eigenvalue weighted by atomic mass is 10.1. The zero-order valence-electron chi connectivity index (χ0n) is 12.3. The maximum absolute atomic E-state index is 12.1. The van der Waals surface area contributed by atoms with Gasteiger partial charge in [-0.25, -0.2) is 4.98 Å². The van der Waals surface area contributed by atoms with Crippen molar-refractivity contribution >= 4 is 17.5 Å². The molecule has 2 aromatic rings. The van der Waals surface area contributed by atoms with Gasteiger partial charge in [0.1, 0.15) is 5.15 Å². The van der Waals surface area contributed by atoms with Gasteiger partial charge in [-0.1, -0.05) is 42.8 Å². The van der Waals surface area contributed by atoms with Gasteiger partial charge in [0.2, 0.25) is 0 Å². The Balaban J connectivity index is 1.96. The van der Waals surface area contributed by atoms with Crippen molar-refractivity contribution in [2.45, 2.75) is 26.7 Å². The van der Waals surface area contributed by atoms with Crippen molar-refractivity contribution in [3.8, 4) is 0 Å². The largest absolute Gasteiger partial charge is 0.352 e. The predicted octanol–water partition coefficient (Wildman–Crippen LogP) is 3.58. The Morgan fingerprint density at radius 1 is 1.29 bits per heavy atom. The number of rotatable bonds is 5. The SMILES string of the molecule is CCc1cc(C(=O)NCCc2ccccc2C)cc(Cl)n1. The van der Waals surface area contributed by atoms with Crippen molar-refractivity contribution in [2.24, 2.45) is 0 Å². The molecule has 4 heteroatoms. The highest BCUT2D eigenvalue weighted by molar-refractivity contribution is 6.29. The molecule has 1 aromatic carbocycles. The van der Waals surface area contributed by atoms with E-state index >= 15 is 0 Å². The molecule has 0 aliphatic heterocycles. The number of nitrogens with zero attached hydrogens (tertiary/aromatic N) is 1. The maximum atomic E-state index is 12.1. The van der Waals surface area contributed by atoms with Crippen LogP contribution < -0.4 is 5.32 Å². The Hall–Kier alpha value is -1.87. The molecule has 0 aliphatic rings. The van der Waals surface area contributed by atoms with Crippen LogP contribution in [0, 0.1) is 6.92 Å². The molecule has 0 fully saturated rings. The van der Waals surface area contributed by atoms with E-state index < -0.39 is 0 Å². The zero-order valence-corrected chi connectivity index (χ0v) is 13.1. The predicted molar refractivity (Wildman–Crippen MR) is 85.8 cm³/mol. The fourth-order valence-electron chi connectivity index (χ4n) is 2.17. The normalized spacial score (nSPS) is 10.4. The van der Waals surface area contributed by atoms with Gasteiger partial charge in [0.05, 0.1) is 0 Å². The topological polar surface area (TPSA) is 42.0 Å². The molecule has 2 rings (SSSR count). The van der Waals surface area contributed by atoms with E-state index in [-0.39, 0.29) is 5.91 Å². The van der Waals surface area contributed by atoms with Crippen LogP contribution >= 0.6 is 11.6 Å². The van der Waals surface area contributed by atoms with Gasteiger partial charge in [0.25, 0.3) is 5.91 Å². The first kappa shape index (κ1) is 15.5.